The molecule has 0 spiro atoms. The van der Waals surface area contributed by atoms with Gasteiger partial charge in [-0.15, -0.1) is 0 Å². The minimum absolute atomic E-state index is 0.167. The molecule has 6 heteroatoms. The molecule has 0 radical (unpaired) electrons. The molecule has 0 amide bonds. The normalized spacial score (nSPS) is 15.3. The summed E-state index contributed by atoms with van der Waals surface area (Å²) >= 11 is 0. The number of rotatable bonds is 4. The van der Waals surface area contributed by atoms with Gasteiger partial charge in [0.15, 0.2) is 5.82 Å². The number of nitrogens with zero attached hydrogens (tertiary/aromatic N) is 5. The maximum atomic E-state index is 13.4. The van der Waals surface area contributed by atoms with Crippen LogP contribution in [0.4, 0.5) is 10.1 Å². The standard InChI is InChI=1S/C21H24FN5/c1-16-21(17(2)27(24-16)20-8-3-4-9-23-20)26-12-10-25(11-13-26)15-18-6-5-7-19(22)14-18/h3-9,14H,10-13,15H2,1-2H3. The fraction of sp³-hybridized carbons (Fsp3) is 0.333. The highest BCUT2D eigenvalue weighted by Crippen LogP contribution is 2.27. The molecule has 0 saturated carbocycles. The van der Waals surface area contributed by atoms with Crippen molar-refractivity contribution < 1.29 is 4.39 Å². The summed E-state index contributed by atoms with van der Waals surface area (Å²) in [7, 11) is 0. The van der Waals surface area contributed by atoms with Gasteiger partial charge >= 0.3 is 0 Å². The molecule has 27 heavy (non-hydrogen) atoms. The molecule has 0 bridgehead atoms. The van der Waals surface area contributed by atoms with Crippen molar-refractivity contribution >= 4 is 5.69 Å². The van der Waals surface area contributed by atoms with E-state index in [2.05, 4.69) is 28.6 Å². The molecule has 0 aliphatic carbocycles. The SMILES string of the molecule is Cc1nn(-c2ccccn2)c(C)c1N1CCN(Cc2cccc(F)c2)CC1. The third kappa shape index (κ3) is 3.71. The summed E-state index contributed by atoms with van der Waals surface area (Å²) in [4.78, 5) is 9.19. The van der Waals surface area contributed by atoms with Crippen LogP contribution >= 0.6 is 0 Å². The number of benzene rings is 1. The van der Waals surface area contributed by atoms with E-state index in [1.807, 2.05) is 28.9 Å². The van der Waals surface area contributed by atoms with Crippen molar-refractivity contribution in [1.82, 2.24) is 19.7 Å². The number of anilines is 1. The summed E-state index contributed by atoms with van der Waals surface area (Å²) in [5.41, 5.74) is 4.37. The number of halogens is 1. The van der Waals surface area contributed by atoms with Gasteiger partial charge in [-0.2, -0.15) is 5.10 Å². The Labute approximate surface area is 159 Å². The number of piperazine rings is 1. The molecule has 3 heterocycles. The highest BCUT2D eigenvalue weighted by Gasteiger charge is 2.23. The van der Waals surface area contributed by atoms with Gasteiger partial charge in [-0.1, -0.05) is 18.2 Å². The van der Waals surface area contributed by atoms with Crippen LogP contribution in [0.5, 0.6) is 0 Å². The zero-order valence-corrected chi connectivity index (χ0v) is 15.8. The number of aromatic nitrogens is 3. The summed E-state index contributed by atoms with van der Waals surface area (Å²) in [6, 6.07) is 12.7. The van der Waals surface area contributed by atoms with Crippen LogP contribution in [-0.4, -0.2) is 45.8 Å². The van der Waals surface area contributed by atoms with Crippen LogP contribution in [0.2, 0.25) is 0 Å². The minimum Gasteiger partial charge on any atom is -0.366 e. The second-order valence-corrected chi connectivity index (χ2v) is 7.01. The van der Waals surface area contributed by atoms with E-state index in [1.165, 1.54) is 11.8 Å². The first kappa shape index (κ1) is 17.7. The van der Waals surface area contributed by atoms with Crippen LogP contribution in [0.1, 0.15) is 17.0 Å². The molecule has 1 fully saturated rings. The molecule has 1 saturated heterocycles. The number of hydrogen-bond donors (Lipinski definition) is 0. The lowest BCUT2D eigenvalue weighted by atomic mass is 10.2. The van der Waals surface area contributed by atoms with Crippen molar-refractivity contribution in [2.45, 2.75) is 20.4 Å². The van der Waals surface area contributed by atoms with E-state index in [1.54, 1.807) is 18.3 Å². The van der Waals surface area contributed by atoms with Crippen LogP contribution < -0.4 is 4.90 Å². The maximum absolute atomic E-state index is 13.4. The first-order valence-electron chi connectivity index (χ1n) is 9.31. The van der Waals surface area contributed by atoms with Crippen molar-refractivity contribution in [2.24, 2.45) is 0 Å². The van der Waals surface area contributed by atoms with Crippen LogP contribution in [-0.2, 0) is 6.54 Å². The van der Waals surface area contributed by atoms with Crippen molar-refractivity contribution in [3.05, 3.63) is 71.4 Å². The molecule has 1 aliphatic rings. The van der Waals surface area contributed by atoms with Crippen LogP contribution in [0.15, 0.2) is 48.7 Å². The average molecular weight is 365 g/mol. The van der Waals surface area contributed by atoms with Crippen molar-refractivity contribution in [3.8, 4) is 5.82 Å². The smallest absolute Gasteiger partial charge is 0.153 e. The Morgan fingerprint density at radius 2 is 1.81 bits per heavy atom. The second-order valence-electron chi connectivity index (χ2n) is 7.01. The molecule has 2 aromatic heterocycles. The van der Waals surface area contributed by atoms with Crippen molar-refractivity contribution in [1.29, 1.82) is 0 Å². The third-order valence-electron chi connectivity index (χ3n) is 5.10. The van der Waals surface area contributed by atoms with Crippen LogP contribution in [0.3, 0.4) is 0 Å². The van der Waals surface area contributed by atoms with Gasteiger partial charge in [0.1, 0.15) is 5.82 Å². The Kier molecular flexibility index (Phi) is 4.90. The lowest BCUT2D eigenvalue weighted by Crippen LogP contribution is -2.46. The van der Waals surface area contributed by atoms with Crippen molar-refractivity contribution in [3.63, 3.8) is 0 Å². The monoisotopic (exact) mass is 365 g/mol. The molecule has 4 rings (SSSR count). The Bertz CT molecular complexity index is 914. The van der Waals surface area contributed by atoms with Crippen LogP contribution in [0, 0.1) is 19.7 Å². The summed E-state index contributed by atoms with van der Waals surface area (Å²) in [5.74, 6) is 0.674. The van der Waals surface area contributed by atoms with Gasteiger partial charge in [-0.25, -0.2) is 14.1 Å². The Morgan fingerprint density at radius 1 is 1.00 bits per heavy atom. The van der Waals surface area contributed by atoms with Gasteiger partial charge in [0.05, 0.1) is 17.1 Å². The molecule has 3 aromatic rings. The molecule has 1 aromatic carbocycles. The molecule has 0 atom stereocenters. The first-order chi connectivity index (χ1) is 13.1. The number of hydrogen-bond acceptors (Lipinski definition) is 4. The molecule has 0 unspecified atom stereocenters. The Hall–Kier alpha value is -2.73. The average Bonchev–Trinajstić information content (AvgIpc) is 2.98. The fourth-order valence-corrected chi connectivity index (χ4v) is 3.82. The summed E-state index contributed by atoms with van der Waals surface area (Å²) < 4.78 is 15.3. The van der Waals surface area contributed by atoms with Gasteiger partial charge in [0.25, 0.3) is 0 Å². The molecule has 0 N–H and O–H groups in total. The number of aryl methyl sites for hydroxylation is 1. The topological polar surface area (TPSA) is 37.2 Å². The van der Waals surface area contributed by atoms with Gasteiger partial charge in [0.2, 0.25) is 0 Å². The van der Waals surface area contributed by atoms with E-state index in [0.29, 0.717) is 0 Å². The fourth-order valence-electron chi connectivity index (χ4n) is 3.82. The molecule has 140 valence electrons. The quantitative estimate of drug-likeness (QED) is 0.711. The van der Waals surface area contributed by atoms with Crippen LogP contribution in [0.25, 0.3) is 5.82 Å². The molecular weight excluding hydrogens is 341 g/mol. The lowest BCUT2D eigenvalue weighted by Gasteiger charge is -2.36. The van der Waals surface area contributed by atoms with E-state index in [0.717, 1.165) is 55.5 Å². The molecular formula is C21H24FN5. The van der Waals surface area contributed by atoms with E-state index in [-0.39, 0.29) is 5.82 Å². The highest BCUT2D eigenvalue weighted by molar-refractivity contribution is 5.56. The van der Waals surface area contributed by atoms with Crippen molar-refractivity contribution in [2.75, 3.05) is 31.1 Å². The maximum Gasteiger partial charge on any atom is 0.153 e. The van der Waals surface area contributed by atoms with Gasteiger partial charge < -0.3 is 4.90 Å². The summed E-state index contributed by atoms with van der Waals surface area (Å²) in [6.07, 6.45) is 1.79. The van der Waals surface area contributed by atoms with E-state index in [9.17, 15) is 4.39 Å². The first-order valence-corrected chi connectivity index (χ1v) is 9.31. The van der Waals surface area contributed by atoms with Gasteiger partial charge in [-0.3, -0.25) is 4.90 Å². The largest absolute Gasteiger partial charge is 0.366 e. The predicted molar refractivity (Wildman–Crippen MR) is 105 cm³/mol. The van der Waals surface area contributed by atoms with E-state index in [4.69, 9.17) is 5.10 Å². The lowest BCUT2D eigenvalue weighted by molar-refractivity contribution is 0.249. The van der Waals surface area contributed by atoms with E-state index < -0.39 is 0 Å². The highest BCUT2D eigenvalue weighted by atomic mass is 19.1. The Morgan fingerprint density at radius 3 is 2.52 bits per heavy atom. The summed E-state index contributed by atoms with van der Waals surface area (Å²) in [6.45, 7) is 8.71. The Balaban J connectivity index is 1.46. The third-order valence-corrected chi connectivity index (χ3v) is 5.10. The van der Waals surface area contributed by atoms with Gasteiger partial charge in [0, 0.05) is 38.9 Å². The minimum atomic E-state index is -0.167. The zero-order chi connectivity index (χ0) is 18.8. The number of pyridine rings is 1. The second kappa shape index (κ2) is 7.48. The van der Waals surface area contributed by atoms with Gasteiger partial charge in [-0.05, 0) is 43.7 Å². The summed E-state index contributed by atoms with van der Waals surface area (Å²) in [5, 5.41) is 4.71. The predicted octanol–water partition coefficient (Wildman–Crippen LogP) is 3.35. The molecule has 5 nitrogen and oxygen atoms in total. The zero-order valence-electron chi connectivity index (χ0n) is 15.8. The van der Waals surface area contributed by atoms with E-state index >= 15 is 0 Å². The molecule has 1 aliphatic heterocycles.